The normalized spacial score (nSPS) is 12.8. The van der Waals surface area contributed by atoms with E-state index in [2.05, 4.69) is 0 Å². The highest BCUT2D eigenvalue weighted by atomic mass is 32.2. The zero-order valence-electron chi connectivity index (χ0n) is 8.73. The summed E-state index contributed by atoms with van der Waals surface area (Å²) in [7, 11) is 0. The van der Waals surface area contributed by atoms with Crippen molar-refractivity contribution in [2.24, 2.45) is 5.92 Å². The molecule has 0 aliphatic rings. The van der Waals surface area contributed by atoms with Gasteiger partial charge in [-0.3, -0.25) is 9.00 Å². The molecule has 82 valence electrons. The number of hydrogen-bond donors (Lipinski definition) is 0. The Morgan fingerprint density at radius 2 is 1.87 bits per heavy atom. The number of ketones is 1. The lowest BCUT2D eigenvalue weighted by Gasteiger charge is -2.07. The minimum absolute atomic E-state index is 0.00382. The van der Waals surface area contributed by atoms with Gasteiger partial charge < -0.3 is 4.55 Å². The van der Waals surface area contributed by atoms with E-state index in [1.807, 2.05) is 13.8 Å². The van der Waals surface area contributed by atoms with E-state index in [-0.39, 0.29) is 17.5 Å². The maximum atomic E-state index is 11.6. The second-order valence-electron chi connectivity index (χ2n) is 3.66. The Bertz CT molecular complexity index is 368. The number of carbonyl (C=O) groups is 1. The van der Waals surface area contributed by atoms with Gasteiger partial charge in [0.1, 0.15) is 0 Å². The quantitative estimate of drug-likeness (QED) is 0.581. The van der Waals surface area contributed by atoms with Gasteiger partial charge in [0.25, 0.3) is 0 Å². The fraction of sp³-hybridized carbons (Fsp3) is 0.364. The van der Waals surface area contributed by atoms with Crippen molar-refractivity contribution >= 4 is 16.9 Å². The van der Waals surface area contributed by atoms with E-state index in [9.17, 15) is 13.6 Å². The number of rotatable bonds is 4. The van der Waals surface area contributed by atoms with Crippen LogP contribution in [0.4, 0.5) is 0 Å². The first-order chi connectivity index (χ1) is 7.00. The summed E-state index contributed by atoms with van der Waals surface area (Å²) in [4.78, 5) is 11.6. The second-order valence-corrected chi connectivity index (χ2v) is 4.56. The van der Waals surface area contributed by atoms with Crippen molar-refractivity contribution in [1.82, 2.24) is 0 Å². The molecule has 0 radical (unpaired) electrons. The van der Waals surface area contributed by atoms with Crippen LogP contribution in [0, 0.1) is 5.92 Å². The molecule has 1 unspecified atom stereocenters. The lowest BCUT2D eigenvalue weighted by atomic mass is 10.0. The fourth-order valence-electron chi connectivity index (χ4n) is 1.23. The lowest BCUT2D eigenvalue weighted by Crippen LogP contribution is -2.07. The van der Waals surface area contributed by atoms with Gasteiger partial charge in [-0.25, -0.2) is 0 Å². The molecule has 0 heterocycles. The second kappa shape index (κ2) is 5.19. The molecule has 15 heavy (non-hydrogen) atoms. The summed E-state index contributed by atoms with van der Waals surface area (Å²) >= 11 is -2.08. The largest absolute Gasteiger partial charge is 0.772 e. The smallest absolute Gasteiger partial charge is 0.165 e. The van der Waals surface area contributed by atoms with Crippen LogP contribution in [-0.2, 0) is 16.8 Å². The Morgan fingerprint density at radius 1 is 1.33 bits per heavy atom. The van der Waals surface area contributed by atoms with Crippen molar-refractivity contribution < 1.29 is 13.6 Å². The topological polar surface area (TPSA) is 57.2 Å². The van der Waals surface area contributed by atoms with Gasteiger partial charge in [-0.05, 0) is 5.56 Å². The van der Waals surface area contributed by atoms with Crippen molar-refractivity contribution in [3.8, 4) is 0 Å². The standard InChI is InChI=1S/C11H14O3S/c1-8(2)11(12)10-5-3-9(4-6-10)7-15(13)14/h3-6,8H,7H2,1-2H3,(H,13,14)/p-1. The molecule has 1 aromatic carbocycles. The van der Waals surface area contributed by atoms with Gasteiger partial charge in [-0.15, -0.1) is 0 Å². The zero-order valence-corrected chi connectivity index (χ0v) is 9.54. The highest BCUT2D eigenvalue weighted by Crippen LogP contribution is 2.10. The molecule has 4 heteroatoms. The molecule has 0 N–H and O–H groups in total. The molecule has 0 aliphatic heterocycles. The Kier molecular flexibility index (Phi) is 4.17. The first kappa shape index (κ1) is 12.1. The Balaban J connectivity index is 2.81. The van der Waals surface area contributed by atoms with Crippen LogP contribution in [0.15, 0.2) is 24.3 Å². The summed E-state index contributed by atoms with van der Waals surface area (Å²) in [5.41, 5.74) is 1.33. The predicted molar refractivity (Wildman–Crippen MR) is 58.2 cm³/mol. The van der Waals surface area contributed by atoms with Crippen LogP contribution in [0.2, 0.25) is 0 Å². The third-order valence-electron chi connectivity index (χ3n) is 2.05. The molecule has 1 atom stereocenters. The highest BCUT2D eigenvalue weighted by Gasteiger charge is 2.09. The maximum Gasteiger partial charge on any atom is 0.165 e. The van der Waals surface area contributed by atoms with Crippen LogP contribution in [0.5, 0.6) is 0 Å². The third-order valence-corrected chi connectivity index (χ3v) is 2.62. The van der Waals surface area contributed by atoms with Crippen LogP contribution in [0.3, 0.4) is 0 Å². The van der Waals surface area contributed by atoms with Crippen molar-refractivity contribution in [2.75, 3.05) is 0 Å². The van der Waals surface area contributed by atoms with E-state index in [4.69, 9.17) is 0 Å². The number of Topliss-reactive ketones (excluding diaryl/α,β-unsaturated/α-hetero) is 1. The summed E-state index contributed by atoms with van der Waals surface area (Å²) in [5.74, 6) is 0.0326. The molecule has 0 aromatic heterocycles. The Labute approximate surface area is 91.8 Å². The van der Waals surface area contributed by atoms with Gasteiger partial charge in [-0.1, -0.05) is 49.2 Å². The summed E-state index contributed by atoms with van der Waals surface area (Å²) in [6.07, 6.45) is 0. The van der Waals surface area contributed by atoms with E-state index < -0.39 is 11.1 Å². The van der Waals surface area contributed by atoms with Gasteiger partial charge in [0.2, 0.25) is 0 Å². The monoisotopic (exact) mass is 225 g/mol. The minimum Gasteiger partial charge on any atom is -0.772 e. The van der Waals surface area contributed by atoms with Crippen LogP contribution in [0.25, 0.3) is 0 Å². The molecular formula is C11H13O3S-. The van der Waals surface area contributed by atoms with Gasteiger partial charge in [0.05, 0.1) is 0 Å². The average molecular weight is 225 g/mol. The van der Waals surface area contributed by atoms with Crippen LogP contribution in [0.1, 0.15) is 29.8 Å². The molecule has 3 nitrogen and oxygen atoms in total. The Morgan fingerprint density at radius 3 is 2.27 bits per heavy atom. The minimum atomic E-state index is -2.08. The number of benzene rings is 1. The SMILES string of the molecule is CC(C)C(=O)c1ccc(CS(=O)[O-])cc1. The molecular weight excluding hydrogens is 212 g/mol. The first-order valence-electron chi connectivity index (χ1n) is 4.69. The molecule has 0 saturated heterocycles. The number of carbonyl (C=O) groups excluding carboxylic acids is 1. The Hall–Kier alpha value is -1.00. The van der Waals surface area contributed by atoms with Crippen molar-refractivity contribution in [2.45, 2.75) is 19.6 Å². The average Bonchev–Trinajstić information content (AvgIpc) is 2.17. The molecule has 1 rings (SSSR count). The summed E-state index contributed by atoms with van der Waals surface area (Å²) in [5, 5.41) is 0. The van der Waals surface area contributed by atoms with Gasteiger partial charge >= 0.3 is 0 Å². The van der Waals surface area contributed by atoms with Crippen LogP contribution in [-0.4, -0.2) is 14.5 Å². The molecule has 0 saturated carbocycles. The summed E-state index contributed by atoms with van der Waals surface area (Å²) in [6.45, 7) is 3.67. The van der Waals surface area contributed by atoms with Crippen molar-refractivity contribution in [1.29, 1.82) is 0 Å². The van der Waals surface area contributed by atoms with E-state index in [0.717, 1.165) is 0 Å². The van der Waals surface area contributed by atoms with E-state index in [1.54, 1.807) is 24.3 Å². The van der Waals surface area contributed by atoms with E-state index >= 15 is 0 Å². The lowest BCUT2D eigenvalue weighted by molar-refractivity contribution is 0.0939. The first-order valence-corrected chi connectivity index (χ1v) is 5.94. The maximum absolute atomic E-state index is 11.6. The molecule has 0 spiro atoms. The van der Waals surface area contributed by atoms with Gasteiger partial charge in [0.15, 0.2) is 5.78 Å². The molecule has 1 aromatic rings. The molecule has 0 amide bonds. The van der Waals surface area contributed by atoms with Crippen LogP contribution < -0.4 is 0 Å². The molecule has 0 aliphatic carbocycles. The highest BCUT2D eigenvalue weighted by molar-refractivity contribution is 7.78. The summed E-state index contributed by atoms with van der Waals surface area (Å²) in [6, 6.07) is 6.69. The van der Waals surface area contributed by atoms with Crippen molar-refractivity contribution in [3.63, 3.8) is 0 Å². The third kappa shape index (κ3) is 3.57. The predicted octanol–water partition coefficient (Wildman–Crippen LogP) is 1.90. The van der Waals surface area contributed by atoms with Gasteiger partial charge in [-0.2, -0.15) is 0 Å². The molecule has 0 bridgehead atoms. The summed E-state index contributed by atoms with van der Waals surface area (Å²) < 4.78 is 20.9. The van der Waals surface area contributed by atoms with Crippen LogP contribution >= 0.6 is 0 Å². The van der Waals surface area contributed by atoms with E-state index in [0.29, 0.717) is 11.1 Å². The fourth-order valence-corrected chi connectivity index (χ4v) is 1.70. The zero-order chi connectivity index (χ0) is 11.4. The van der Waals surface area contributed by atoms with E-state index in [1.165, 1.54) is 0 Å². The van der Waals surface area contributed by atoms with Crippen molar-refractivity contribution in [3.05, 3.63) is 35.4 Å². The molecule has 0 fully saturated rings. The number of hydrogen-bond acceptors (Lipinski definition) is 3. The van der Waals surface area contributed by atoms with Gasteiger partial charge in [0, 0.05) is 17.2 Å².